The maximum atomic E-state index is 2.35. The molecule has 4 aromatic rings. The minimum atomic E-state index is 1.19. The van der Waals surface area contributed by atoms with Crippen LogP contribution in [0.15, 0.2) is 78.9 Å². The first kappa shape index (κ1) is 15.5. The largest absolute Gasteiger partial charge is 0.309 e. The van der Waals surface area contributed by atoms with E-state index >= 15 is 0 Å². The van der Waals surface area contributed by atoms with E-state index in [9.17, 15) is 0 Å². The molecule has 1 heterocycles. The number of rotatable bonds is 3. The Labute approximate surface area is 148 Å². The van der Waals surface area contributed by atoms with Crippen molar-refractivity contribution < 1.29 is 0 Å². The van der Waals surface area contributed by atoms with Gasteiger partial charge in [0.05, 0.1) is 11.0 Å². The molecule has 0 amide bonds. The van der Waals surface area contributed by atoms with Crippen LogP contribution in [0.5, 0.6) is 0 Å². The van der Waals surface area contributed by atoms with Crippen LogP contribution in [0.25, 0.3) is 39.6 Å². The van der Waals surface area contributed by atoms with Crippen LogP contribution >= 0.6 is 0 Å². The van der Waals surface area contributed by atoms with Gasteiger partial charge in [-0.05, 0) is 61.4 Å². The van der Waals surface area contributed by atoms with E-state index < -0.39 is 0 Å². The minimum Gasteiger partial charge on any atom is -0.309 e. The van der Waals surface area contributed by atoms with Crippen LogP contribution in [-0.2, 0) is 0 Å². The van der Waals surface area contributed by atoms with Crippen LogP contribution in [0.4, 0.5) is 0 Å². The normalized spacial score (nSPS) is 12.1. The van der Waals surface area contributed by atoms with E-state index in [4.69, 9.17) is 0 Å². The lowest BCUT2D eigenvalue weighted by atomic mass is 10.1. The van der Waals surface area contributed by atoms with Gasteiger partial charge in [0.25, 0.3) is 0 Å². The molecule has 1 aromatic heterocycles. The van der Waals surface area contributed by atoms with E-state index in [1.165, 1.54) is 38.6 Å². The van der Waals surface area contributed by atoms with E-state index in [1.807, 2.05) is 0 Å². The van der Waals surface area contributed by atoms with Gasteiger partial charge in [-0.2, -0.15) is 0 Å². The predicted octanol–water partition coefficient (Wildman–Crippen LogP) is 6.85. The van der Waals surface area contributed by atoms with Crippen LogP contribution in [0.2, 0.25) is 0 Å². The average molecular weight is 323 g/mol. The molecule has 0 aliphatic heterocycles. The summed E-state index contributed by atoms with van der Waals surface area (Å²) in [4.78, 5) is 0. The van der Waals surface area contributed by atoms with Crippen LogP contribution in [0.3, 0.4) is 0 Å². The van der Waals surface area contributed by atoms with Gasteiger partial charge >= 0.3 is 0 Å². The fourth-order valence-corrected chi connectivity index (χ4v) is 3.51. The Morgan fingerprint density at radius 2 is 1.16 bits per heavy atom. The summed E-state index contributed by atoms with van der Waals surface area (Å²) in [6.07, 6.45) is 8.48. The van der Waals surface area contributed by atoms with Crippen molar-refractivity contribution in [1.29, 1.82) is 0 Å². The minimum absolute atomic E-state index is 1.19. The van der Waals surface area contributed by atoms with Gasteiger partial charge in [-0.25, -0.2) is 0 Å². The number of hydrogen-bond acceptors (Lipinski definition) is 0. The van der Waals surface area contributed by atoms with Gasteiger partial charge < -0.3 is 4.57 Å². The lowest BCUT2D eigenvalue weighted by Crippen LogP contribution is -1.92. The molecule has 0 aliphatic carbocycles. The molecule has 0 fully saturated rings. The molecule has 0 bridgehead atoms. The molecule has 122 valence electrons. The third kappa shape index (κ3) is 2.68. The Morgan fingerprint density at radius 3 is 1.64 bits per heavy atom. The summed E-state index contributed by atoms with van der Waals surface area (Å²) in [6, 6.07) is 24.0. The monoisotopic (exact) mass is 323 g/mol. The van der Waals surface area contributed by atoms with Gasteiger partial charge in [0.2, 0.25) is 0 Å². The topological polar surface area (TPSA) is 4.93 Å². The standard InChI is InChI=1S/C24H21N/c1-3-8-18-12-14-23-21(16-18)22-17-19(9-4-2)13-15-24(22)25(23)20-10-6-5-7-11-20/h3-17H,1-2H3/b8-3+,9-4+. The molecule has 0 atom stereocenters. The fourth-order valence-electron chi connectivity index (χ4n) is 3.51. The maximum Gasteiger partial charge on any atom is 0.0541 e. The summed E-state index contributed by atoms with van der Waals surface area (Å²) >= 11 is 0. The van der Waals surface area contributed by atoms with E-state index in [0.29, 0.717) is 0 Å². The highest BCUT2D eigenvalue weighted by molar-refractivity contribution is 6.10. The lowest BCUT2D eigenvalue weighted by Gasteiger charge is -2.07. The number of benzene rings is 3. The van der Waals surface area contributed by atoms with Crippen molar-refractivity contribution in [1.82, 2.24) is 4.57 Å². The molecular formula is C24H21N. The highest BCUT2D eigenvalue weighted by Crippen LogP contribution is 2.33. The molecule has 1 heteroatoms. The van der Waals surface area contributed by atoms with E-state index in [1.54, 1.807) is 0 Å². The number of nitrogens with zero attached hydrogens (tertiary/aromatic N) is 1. The zero-order chi connectivity index (χ0) is 17.2. The van der Waals surface area contributed by atoms with Crippen molar-refractivity contribution in [3.8, 4) is 5.69 Å². The number of aromatic nitrogens is 1. The first-order valence-corrected chi connectivity index (χ1v) is 8.71. The SMILES string of the molecule is C/C=C/c1ccc2c(c1)c1cc(/C=C/C)ccc1n2-c1ccccc1. The summed E-state index contributed by atoms with van der Waals surface area (Å²) < 4.78 is 2.35. The summed E-state index contributed by atoms with van der Waals surface area (Å²) in [6.45, 7) is 4.11. The smallest absolute Gasteiger partial charge is 0.0541 e. The molecule has 25 heavy (non-hydrogen) atoms. The third-order valence-corrected chi connectivity index (χ3v) is 4.55. The Morgan fingerprint density at radius 1 is 0.640 bits per heavy atom. The summed E-state index contributed by atoms with van der Waals surface area (Å²) in [5, 5.41) is 2.58. The zero-order valence-electron chi connectivity index (χ0n) is 14.6. The van der Waals surface area contributed by atoms with Gasteiger partial charge in [-0.15, -0.1) is 0 Å². The molecule has 4 rings (SSSR count). The first-order valence-electron chi connectivity index (χ1n) is 8.71. The number of allylic oxidation sites excluding steroid dienone is 2. The number of hydrogen-bond donors (Lipinski definition) is 0. The summed E-state index contributed by atoms with van der Waals surface area (Å²) in [5.74, 6) is 0. The summed E-state index contributed by atoms with van der Waals surface area (Å²) in [5.41, 5.74) is 6.15. The van der Waals surface area contributed by atoms with Crippen molar-refractivity contribution in [2.24, 2.45) is 0 Å². The lowest BCUT2D eigenvalue weighted by molar-refractivity contribution is 1.18. The zero-order valence-corrected chi connectivity index (χ0v) is 14.6. The quantitative estimate of drug-likeness (QED) is 0.388. The fraction of sp³-hybridized carbons (Fsp3) is 0.0833. The van der Waals surface area contributed by atoms with Crippen molar-refractivity contribution in [3.05, 3.63) is 90.0 Å². The molecule has 0 unspecified atom stereocenters. The van der Waals surface area contributed by atoms with Gasteiger partial charge in [-0.3, -0.25) is 0 Å². The molecular weight excluding hydrogens is 302 g/mol. The molecule has 0 saturated carbocycles. The van der Waals surface area contributed by atoms with Crippen molar-refractivity contribution in [2.75, 3.05) is 0 Å². The Bertz CT molecular complexity index is 1030. The highest BCUT2D eigenvalue weighted by Gasteiger charge is 2.12. The second-order valence-electron chi connectivity index (χ2n) is 6.22. The second-order valence-corrected chi connectivity index (χ2v) is 6.22. The van der Waals surface area contributed by atoms with E-state index in [-0.39, 0.29) is 0 Å². The third-order valence-electron chi connectivity index (χ3n) is 4.55. The molecule has 0 spiro atoms. The van der Waals surface area contributed by atoms with Crippen LogP contribution < -0.4 is 0 Å². The molecule has 0 saturated heterocycles. The second kappa shape index (κ2) is 6.45. The summed E-state index contributed by atoms with van der Waals surface area (Å²) in [7, 11) is 0. The van der Waals surface area contributed by atoms with Crippen LogP contribution in [0.1, 0.15) is 25.0 Å². The van der Waals surface area contributed by atoms with Crippen LogP contribution in [0, 0.1) is 0 Å². The Balaban J connectivity index is 2.12. The highest BCUT2D eigenvalue weighted by atomic mass is 15.0. The molecule has 1 nitrogen and oxygen atoms in total. The van der Waals surface area contributed by atoms with Crippen molar-refractivity contribution >= 4 is 34.0 Å². The van der Waals surface area contributed by atoms with Gasteiger partial charge in [0, 0.05) is 16.5 Å². The predicted molar refractivity (Wildman–Crippen MR) is 110 cm³/mol. The van der Waals surface area contributed by atoms with Gasteiger partial charge in [0.1, 0.15) is 0 Å². The van der Waals surface area contributed by atoms with Crippen molar-refractivity contribution in [2.45, 2.75) is 13.8 Å². The molecule has 0 aliphatic rings. The maximum absolute atomic E-state index is 2.35. The van der Waals surface area contributed by atoms with Crippen molar-refractivity contribution in [3.63, 3.8) is 0 Å². The first-order chi connectivity index (χ1) is 12.3. The van der Waals surface area contributed by atoms with Crippen LogP contribution in [-0.4, -0.2) is 4.57 Å². The van der Waals surface area contributed by atoms with Gasteiger partial charge in [-0.1, -0.05) is 54.6 Å². The molecule has 3 aromatic carbocycles. The average Bonchev–Trinajstić information content (AvgIpc) is 2.96. The van der Waals surface area contributed by atoms with Gasteiger partial charge in [0.15, 0.2) is 0 Å². The Kier molecular flexibility index (Phi) is 3.99. The van der Waals surface area contributed by atoms with E-state index in [2.05, 4.69) is 109 Å². The Hall–Kier alpha value is -3.06. The number of para-hydroxylation sites is 1. The number of fused-ring (bicyclic) bond motifs is 3. The molecule has 0 N–H and O–H groups in total. The van der Waals surface area contributed by atoms with E-state index in [0.717, 1.165) is 0 Å². The molecule has 0 radical (unpaired) electrons.